The van der Waals surface area contributed by atoms with Crippen LogP contribution in [0.4, 0.5) is 0 Å². The normalized spacial score (nSPS) is 10.5. The molecule has 0 atom stereocenters. The molecule has 2 heterocycles. The van der Waals surface area contributed by atoms with Crippen LogP contribution in [0.5, 0.6) is 0 Å². The Hall–Kier alpha value is -2.49. The van der Waals surface area contributed by atoms with E-state index in [1.165, 1.54) is 0 Å². The van der Waals surface area contributed by atoms with Gasteiger partial charge in [0.25, 0.3) is 0 Å². The van der Waals surface area contributed by atoms with Gasteiger partial charge < -0.3 is 0 Å². The fourth-order valence-electron chi connectivity index (χ4n) is 1.88. The Morgan fingerprint density at radius 3 is 2.67 bits per heavy atom. The average molecular weight is 236 g/mol. The van der Waals surface area contributed by atoms with Crippen LogP contribution in [0.2, 0.25) is 0 Å². The second kappa shape index (κ2) is 4.41. The van der Waals surface area contributed by atoms with Gasteiger partial charge in [0.1, 0.15) is 5.82 Å². The van der Waals surface area contributed by atoms with Crippen molar-refractivity contribution in [3.63, 3.8) is 0 Å². The van der Waals surface area contributed by atoms with E-state index in [-0.39, 0.29) is 0 Å². The highest BCUT2D eigenvalue weighted by Gasteiger charge is 2.03. The van der Waals surface area contributed by atoms with E-state index in [1.807, 2.05) is 37.3 Å². The Bertz CT molecular complexity index is 659. The average Bonchev–Trinajstić information content (AvgIpc) is 2.93. The van der Waals surface area contributed by atoms with Gasteiger partial charge in [0, 0.05) is 23.5 Å². The maximum absolute atomic E-state index is 4.43. The Morgan fingerprint density at radius 1 is 1.00 bits per heavy atom. The van der Waals surface area contributed by atoms with Crippen LogP contribution in [0.15, 0.2) is 48.8 Å². The molecule has 1 aromatic carbocycles. The summed E-state index contributed by atoms with van der Waals surface area (Å²) in [5.74, 6) is 0.777. The van der Waals surface area contributed by atoms with Gasteiger partial charge in [-0.2, -0.15) is 5.10 Å². The Kier molecular flexibility index (Phi) is 2.61. The number of H-pyrrole nitrogens is 1. The first kappa shape index (κ1) is 10.7. The summed E-state index contributed by atoms with van der Waals surface area (Å²) in [6.45, 7) is 1.89. The summed E-state index contributed by atoms with van der Waals surface area (Å²) in [6, 6.07) is 12.1. The number of aryl methyl sites for hydroxylation is 1. The van der Waals surface area contributed by atoms with E-state index in [1.54, 1.807) is 12.4 Å². The van der Waals surface area contributed by atoms with Crippen molar-refractivity contribution in [2.75, 3.05) is 0 Å². The van der Waals surface area contributed by atoms with Gasteiger partial charge in [-0.15, -0.1) is 0 Å². The molecule has 3 rings (SSSR count). The third kappa shape index (κ3) is 2.00. The third-order valence-electron chi connectivity index (χ3n) is 2.75. The van der Waals surface area contributed by atoms with E-state index in [0.717, 1.165) is 28.3 Å². The van der Waals surface area contributed by atoms with Gasteiger partial charge in [-0.3, -0.25) is 5.10 Å². The van der Waals surface area contributed by atoms with Crippen LogP contribution in [0.1, 0.15) is 5.82 Å². The molecule has 1 N–H and O–H groups in total. The number of rotatable bonds is 2. The van der Waals surface area contributed by atoms with Crippen molar-refractivity contribution in [3.8, 4) is 22.5 Å². The highest BCUT2D eigenvalue weighted by atomic mass is 15.1. The summed E-state index contributed by atoms with van der Waals surface area (Å²) in [7, 11) is 0. The van der Waals surface area contributed by atoms with Gasteiger partial charge in [0.05, 0.1) is 11.4 Å². The topological polar surface area (TPSA) is 54.5 Å². The predicted octanol–water partition coefficient (Wildman–Crippen LogP) is 2.84. The number of hydrogen-bond donors (Lipinski definition) is 1. The zero-order valence-corrected chi connectivity index (χ0v) is 9.96. The molecule has 0 bridgehead atoms. The Labute approximate surface area is 105 Å². The summed E-state index contributed by atoms with van der Waals surface area (Å²) in [5, 5.41) is 6.93. The lowest BCUT2D eigenvalue weighted by Crippen LogP contribution is -1.90. The molecule has 2 aromatic heterocycles. The van der Waals surface area contributed by atoms with Crippen molar-refractivity contribution >= 4 is 0 Å². The molecule has 18 heavy (non-hydrogen) atoms. The standard InChI is InChI=1S/C14H12N4/c1-10-15-7-5-13(17-10)11-3-2-4-12(9-11)14-6-8-16-18-14/h2-9H,1H3,(H,16,18). The summed E-state index contributed by atoms with van der Waals surface area (Å²) < 4.78 is 0. The molecule has 0 unspecified atom stereocenters. The van der Waals surface area contributed by atoms with E-state index in [2.05, 4.69) is 26.2 Å². The molecule has 0 spiro atoms. The minimum atomic E-state index is 0.777. The first-order chi connectivity index (χ1) is 8.83. The van der Waals surface area contributed by atoms with Gasteiger partial charge >= 0.3 is 0 Å². The SMILES string of the molecule is Cc1nccc(-c2cccc(-c3ccn[nH]3)c2)n1. The molecule has 0 saturated carbocycles. The fourth-order valence-corrected chi connectivity index (χ4v) is 1.88. The lowest BCUT2D eigenvalue weighted by molar-refractivity contribution is 1.06. The number of aromatic nitrogens is 4. The first-order valence-electron chi connectivity index (χ1n) is 5.73. The molecule has 3 aromatic rings. The Balaban J connectivity index is 2.06. The maximum atomic E-state index is 4.43. The smallest absolute Gasteiger partial charge is 0.125 e. The van der Waals surface area contributed by atoms with E-state index in [0.29, 0.717) is 0 Å². The number of nitrogens with one attached hydrogen (secondary N) is 1. The zero-order chi connectivity index (χ0) is 12.4. The number of nitrogens with zero attached hydrogens (tertiary/aromatic N) is 3. The monoisotopic (exact) mass is 236 g/mol. The molecule has 0 amide bonds. The fraction of sp³-hybridized carbons (Fsp3) is 0.0714. The first-order valence-corrected chi connectivity index (χ1v) is 5.73. The summed E-state index contributed by atoms with van der Waals surface area (Å²) in [6.07, 6.45) is 3.53. The highest BCUT2D eigenvalue weighted by molar-refractivity contribution is 5.69. The highest BCUT2D eigenvalue weighted by Crippen LogP contribution is 2.23. The van der Waals surface area contributed by atoms with Crippen molar-refractivity contribution < 1.29 is 0 Å². The molecule has 0 saturated heterocycles. The third-order valence-corrected chi connectivity index (χ3v) is 2.75. The largest absolute Gasteiger partial charge is 0.278 e. The summed E-state index contributed by atoms with van der Waals surface area (Å²) in [4.78, 5) is 8.54. The van der Waals surface area contributed by atoms with Crippen molar-refractivity contribution in [2.24, 2.45) is 0 Å². The van der Waals surface area contributed by atoms with E-state index >= 15 is 0 Å². The molecule has 0 aliphatic heterocycles. The van der Waals surface area contributed by atoms with Gasteiger partial charge in [-0.25, -0.2) is 9.97 Å². The van der Waals surface area contributed by atoms with E-state index < -0.39 is 0 Å². The van der Waals surface area contributed by atoms with Crippen molar-refractivity contribution in [1.29, 1.82) is 0 Å². The summed E-state index contributed by atoms with van der Waals surface area (Å²) >= 11 is 0. The summed E-state index contributed by atoms with van der Waals surface area (Å²) in [5.41, 5.74) is 4.11. The molecular formula is C14H12N4. The molecular weight excluding hydrogens is 224 g/mol. The predicted molar refractivity (Wildman–Crippen MR) is 69.8 cm³/mol. The second-order valence-corrected chi connectivity index (χ2v) is 4.04. The minimum absolute atomic E-state index is 0.777. The van der Waals surface area contributed by atoms with Crippen molar-refractivity contribution in [3.05, 3.63) is 54.6 Å². The number of hydrogen-bond acceptors (Lipinski definition) is 3. The maximum Gasteiger partial charge on any atom is 0.125 e. The minimum Gasteiger partial charge on any atom is -0.278 e. The second-order valence-electron chi connectivity index (χ2n) is 4.04. The molecule has 0 fully saturated rings. The van der Waals surface area contributed by atoms with Crippen LogP contribution < -0.4 is 0 Å². The molecule has 0 aliphatic carbocycles. The Morgan fingerprint density at radius 2 is 1.89 bits per heavy atom. The van der Waals surface area contributed by atoms with Crippen molar-refractivity contribution in [2.45, 2.75) is 6.92 Å². The number of benzene rings is 1. The van der Waals surface area contributed by atoms with E-state index in [9.17, 15) is 0 Å². The molecule has 4 heteroatoms. The van der Waals surface area contributed by atoms with Crippen LogP contribution in [0, 0.1) is 6.92 Å². The zero-order valence-electron chi connectivity index (χ0n) is 9.96. The van der Waals surface area contributed by atoms with Crippen molar-refractivity contribution in [1.82, 2.24) is 20.2 Å². The van der Waals surface area contributed by atoms with Crippen LogP contribution >= 0.6 is 0 Å². The van der Waals surface area contributed by atoms with Gasteiger partial charge in [0.2, 0.25) is 0 Å². The van der Waals surface area contributed by atoms with Crippen LogP contribution in [-0.2, 0) is 0 Å². The lowest BCUT2D eigenvalue weighted by Gasteiger charge is -2.04. The van der Waals surface area contributed by atoms with Crippen LogP contribution in [0.3, 0.4) is 0 Å². The van der Waals surface area contributed by atoms with Crippen LogP contribution in [0.25, 0.3) is 22.5 Å². The van der Waals surface area contributed by atoms with Gasteiger partial charge in [-0.05, 0) is 25.1 Å². The quantitative estimate of drug-likeness (QED) is 0.744. The molecule has 0 aliphatic rings. The van der Waals surface area contributed by atoms with Gasteiger partial charge in [0.15, 0.2) is 0 Å². The van der Waals surface area contributed by atoms with Gasteiger partial charge in [-0.1, -0.05) is 18.2 Å². The molecule has 4 nitrogen and oxygen atoms in total. The lowest BCUT2D eigenvalue weighted by atomic mass is 10.1. The number of aromatic amines is 1. The van der Waals surface area contributed by atoms with E-state index in [4.69, 9.17) is 0 Å². The molecule has 0 radical (unpaired) electrons. The van der Waals surface area contributed by atoms with Crippen LogP contribution in [-0.4, -0.2) is 20.2 Å². The molecule has 88 valence electrons.